The molecule has 0 bridgehead atoms. The summed E-state index contributed by atoms with van der Waals surface area (Å²) in [5.41, 5.74) is 0. The SMILES string of the molecule is N#Cc1cnc(Nc2cc(N3CCn4cnnc4C3)ncn2)s1. The topological polar surface area (TPSA) is 108 Å². The number of hydrogen-bond donors (Lipinski definition) is 1. The van der Waals surface area contributed by atoms with Crippen molar-refractivity contribution in [1.29, 1.82) is 5.26 Å². The second-order valence-electron chi connectivity index (χ2n) is 4.89. The maximum Gasteiger partial charge on any atom is 0.189 e. The predicted octanol–water partition coefficient (Wildman–Crippen LogP) is 1.16. The zero-order valence-corrected chi connectivity index (χ0v) is 12.7. The fourth-order valence-corrected chi connectivity index (χ4v) is 2.96. The van der Waals surface area contributed by atoms with Gasteiger partial charge in [-0.15, -0.1) is 10.2 Å². The highest BCUT2D eigenvalue weighted by atomic mass is 32.1. The number of fused-ring (bicyclic) bond motifs is 1. The summed E-state index contributed by atoms with van der Waals surface area (Å²) in [6, 6.07) is 3.92. The van der Waals surface area contributed by atoms with Gasteiger partial charge in [0.1, 0.15) is 35.2 Å². The average molecular weight is 325 g/mol. The molecular weight excluding hydrogens is 314 g/mol. The molecule has 9 nitrogen and oxygen atoms in total. The summed E-state index contributed by atoms with van der Waals surface area (Å²) in [6.45, 7) is 2.32. The van der Waals surface area contributed by atoms with Crippen LogP contribution in [0.15, 0.2) is 24.9 Å². The van der Waals surface area contributed by atoms with Gasteiger partial charge in [-0.1, -0.05) is 11.3 Å². The molecular formula is C13H11N9S. The summed E-state index contributed by atoms with van der Waals surface area (Å²) in [5.74, 6) is 2.37. The molecule has 0 atom stereocenters. The zero-order chi connectivity index (χ0) is 15.6. The van der Waals surface area contributed by atoms with Crippen molar-refractivity contribution in [2.45, 2.75) is 13.1 Å². The summed E-state index contributed by atoms with van der Waals surface area (Å²) in [4.78, 5) is 15.3. The minimum absolute atomic E-state index is 0.553. The lowest BCUT2D eigenvalue weighted by atomic mass is 10.3. The van der Waals surface area contributed by atoms with Crippen molar-refractivity contribution < 1.29 is 0 Å². The van der Waals surface area contributed by atoms with Crippen molar-refractivity contribution in [3.8, 4) is 6.07 Å². The highest BCUT2D eigenvalue weighted by Crippen LogP contribution is 2.24. The molecule has 0 aliphatic carbocycles. The Hall–Kier alpha value is -3.06. The van der Waals surface area contributed by atoms with E-state index >= 15 is 0 Å². The van der Waals surface area contributed by atoms with E-state index in [0.29, 0.717) is 22.4 Å². The van der Waals surface area contributed by atoms with E-state index in [-0.39, 0.29) is 0 Å². The van der Waals surface area contributed by atoms with Gasteiger partial charge >= 0.3 is 0 Å². The van der Waals surface area contributed by atoms with Crippen LogP contribution in [-0.4, -0.2) is 36.3 Å². The molecule has 4 heterocycles. The van der Waals surface area contributed by atoms with Crippen LogP contribution in [0.3, 0.4) is 0 Å². The summed E-state index contributed by atoms with van der Waals surface area (Å²) in [5, 5.41) is 20.6. The monoisotopic (exact) mass is 325 g/mol. The van der Waals surface area contributed by atoms with Crippen LogP contribution in [0, 0.1) is 11.3 Å². The van der Waals surface area contributed by atoms with Gasteiger partial charge in [-0.25, -0.2) is 15.0 Å². The van der Waals surface area contributed by atoms with Gasteiger partial charge in [0.25, 0.3) is 0 Å². The number of hydrogen-bond acceptors (Lipinski definition) is 9. The highest BCUT2D eigenvalue weighted by Gasteiger charge is 2.19. The Bertz CT molecular complexity index is 877. The number of nitriles is 1. The summed E-state index contributed by atoms with van der Waals surface area (Å²) >= 11 is 1.28. The molecule has 1 N–H and O–H groups in total. The number of nitrogens with one attached hydrogen (secondary N) is 1. The van der Waals surface area contributed by atoms with Gasteiger partial charge in [0.2, 0.25) is 0 Å². The highest BCUT2D eigenvalue weighted by molar-refractivity contribution is 7.16. The molecule has 0 fully saturated rings. The molecule has 0 radical (unpaired) electrons. The van der Waals surface area contributed by atoms with Crippen molar-refractivity contribution in [2.75, 3.05) is 16.8 Å². The van der Waals surface area contributed by atoms with Gasteiger partial charge in [0.05, 0.1) is 12.7 Å². The molecule has 114 valence electrons. The van der Waals surface area contributed by atoms with Crippen LogP contribution in [0.5, 0.6) is 0 Å². The third kappa shape index (κ3) is 2.69. The van der Waals surface area contributed by atoms with Crippen LogP contribution >= 0.6 is 11.3 Å². The molecule has 1 aliphatic heterocycles. The Morgan fingerprint density at radius 2 is 2.22 bits per heavy atom. The van der Waals surface area contributed by atoms with Crippen molar-refractivity contribution in [2.24, 2.45) is 0 Å². The number of thiazole rings is 1. The molecule has 0 aromatic carbocycles. The molecule has 1 aliphatic rings. The fraction of sp³-hybridized carbons (Fsp3) is 0.231. The Morgan fingerprint density at radius 3 is 3.09 bits per heavy atom. The lowest BCUT2D eigenvalue weighted by molar-refractivity contribution is 0.556. The van der Waals surface area contributed by atoms with E-state index in [1.165, 1.54) is 23.9 Å². The molecule has 0 spiro atoms. The van der Waals surface area contributed by atoms with Crippen LogP contribution in [0.1, 0.15) is 10.7 Å². The first-order valence-corrected chi connectivity index (χ1v) is 7.70. The third-order valence-electron chi connectivity index (χ3n) is 3.47. The first-order valence-electron chi connectivity index (χ1n) is 6.88. The van der Waals surface area contributed by atoms with E-state index in [1.54, 1.807) is 6.33 Å². The summed E-state index contributed by atoms with van der Waals surface area (Å²) in [7, 11) is 0. The van der Waals surface area contributed by atoms with Gasteiger partial charge in [-0.3, -0.25) is 0 Å². The van der Waals surface area contributed by atoms with E-state index < -0.39 is 0 Å². The van der Waals surface area contributed by atoms with E-state index in [4.69, 9.17) is 5.26 Å². The molecule has 10 heteroatoms. The molecule has 3 aromatic rings. The van der Waals surface area contributed by atoms with Crippen molar-refractivity contribution in [1.82, 2.24) is 29.7 Å². The first-order chi connectivity index (χ1) is 11.3. The summed E-state index contributed by atoms with van der Waals surface area (Å²) < 4.78 is 2.04. The Morgan fingerprint density at radius 1 is 1.26 bits per heavy atom. The quantitative estimate of drug-likeness (QED) is 0.764. The maximum atomic E-state index is 8.84. The normalized spacial score (nSPS) is 13.4. The van der Waals surface area contributed by atoms with E-state index in [1.807, 2.05) is 10.6 Å². The third-order valence-corrected chi connectivity index (χ3v) is 4.28. The largest absolute Gasteiger partial charge is 0.347 e. The zero-order valence-electron chi connectivity index (χ0n) is 11.9. The second kappa shape index (κ2) is 5.62. The van der Waals surface area contributed by atoms with Crippen LogP contribution < -0.4 is 10.2 Å². The average Bonchev–Trinajstić information content (AvgIpc) is 3.23. The van der Waals surface area contributed by atoms with Crippen LogP contribution in [0.25, 0.3) is 0 Å². The fourth-order valence-electron chi connectivity index (χ4n) is 2.34. The molecule has 23 heavy (non-hydrogen) atoms. The minimum Gasteiger partial charge on any atom is -0.347 e. The molecule has 0 saturated carbocycles. The van der Waals surface area contributed by atoms with Crippen molar-refractivity contribution in [3.63, 3.8) is 0 Å². The van der Waals surface area contributed by atoms with Crippen LogP contribution in [0.4, 0.5) is 16.8 Å². The van der Waals surface area contributed by atoms with Crippen LogP contribution in [-0.2, 0) is 13.1 Å². The number of aromatic nitrogens is 6. The smallest absolute Gasteiger partial charge is 0.189 e. The minimum atomic E-state index is 0.553. The lowest BCUT2D eigenvalue weighted by Crippen LogP contribution is -2.34. The van der Waals surface area contributed by atoms with Gasteiger partial charge < -0.3 is 14.8 Å². The second-order valence-corrected chi connectivity index (χ2v) is 5.92. The Kier molecular flexibility index (Phi) is 3.32. The predicted molar refractivity (Wildman–Crippen MR) is 83.2 cm³/mol. The number of anilines is 3. The molecule has 0 saturated heterocycles. The Balaban J connectivity index is 1.54. The molecule has 0 amide bonds. The number of nitrogens with zero attached hydrogens (tertiary/aromatic N) is 8. The van der Waals surface area contributed by atoms with Gasteiger partial charge in [0.15, 0.2) is 11.0 Å². The number of rotatable bonds is 3. The van der Waals surface area contributed by atoms with E-state index in [9.17, 15) is 0 Å². The molecule has 4 rings (SSSR count). The lowest BCUT2D eigenvalue weighted by Gasteiger charge is -2.27. The molecule has 0 unspecified atom stereocenters. The summed E-state index contributed by atoms with van der Waals surface area (Å²) in [6.07, 6.45) is 4.79. The van der Waals surface area contributed by atoms with E-state index in [0.717, 1.165) is 24.7 Å². The van der Waals surface area contributed by atoms with Crippen molar-refractivity contribution in [3.05, 3.63) is 35.6 Å². The Labute approximate surface area is 135 Å². The van der Waals surface area contributed by atoms with Crippen molar-refractivity contribution >= 4 is 28.1 Å². The van der Waals surface area contributed by atoms with E-state index in [2.05, 4.69) is 41.4 Å². The van der Waals surface area contributed by atoms with Gasteiger partial charge in [-0.05, 0) is 0 Å². The van der Waals surface area contributed by atoms with Gasteiger partial charge in [-0.2, -0.15) is 5.26 Å². The first kappa shape index (κ1) is 13.6. The molecule has 3 aromatic heterocycles. The maximum absolute atomic E-state index is 8.84. The van der Waals surface area contributed by atoms with Crippen LogP contribution in [0.2, 0.25) is 0 Å². The standard InChI is InChI=1S/C13H11N9S/c14-4-9-5-15-13(23-9)19-10-3-11(17-7-16-10)21-1-2-22-8-18-20-12(22)6-21/h3,5,7-8H,1-2,6H2,(H,15,16,17,19). The van der Waals surface area contributed by atoms with Gasteiger partial charge in [0, 0.05) is 19.2 Å².